The molecule has 1 amide bonds. The topological polar surface area (TPSA) is 74.6 Å². The molecule has 168 valence electrons. The molecule has 1 aliphatic heterocycles. The molecule has 0 spiro atoms. The summed E-state index contributed by atoms with van der Waals surface area (Å²) in [6, 6.07) is 18.6. The van der Waals surface area contributed by atoms with E-state index in [1.807, 2.05) is 47.9 Å². The quantitative estimate of drug-likeness (QED) is 0.436. The number of nitrogens with zero attached hydrogens (tertiary/aromatic N) is 2. The van der Waals surface area contributed by atoms with Crippen LogP contribution in [0.5, 0.6) is 17.2 Å². The van der Waals surface area contributed by atoms with Crippen molar-refractivity contribution in [3.63, 3.8) is 0 Å². The number of aromatic nitrogens is 2. The maximum atomic E-state index is 12.9. The Balaban J connectivity index is 1.35. The first-order valence-electron chi connectivity index (χ1n) is 10.6. The van der Waals surface area contributed by atoms with Gasteiger partial charge in [0.2, 0.25) is 5.91 Å². The molecule has 0 fully saturated rings. The maximum Gasteiger partial charge on any atom is 0.244 e. The molecule has 1 aromatic heterocycles. The van der Waals surface area contributed by atoms with E-state index in [4.69, 9.17) is 25.8 Å². The number of carbonyl (C=O) groups excluding carboxylic acids is 1. The average molecular weight is 464 g/mol. The zero-order chi connectivity index (χ0) is 22.8. The largest absolute Gasteiger partial charge is 0.486 e. The van der Waals surface area contributed by atoms with Gasteiger partial charge in [-0.25, -0.2) is 4.98 Å². The molecule has 1 aliphatic rings. The second kappa shape index (κ2) is 9.03. The van der Waals surface area contributed by atoms with Gasteiger partial charge in [0.05, 0.1) is 11.0 Å². The van der Waals surface area contributed by atoms with Gasteiger partial charge in [0.1, 0.15) is 37.9 Å². The first-order chi connectivity index (χ1) is 16.1. The third-order valence-electron chi connectivity index (χ3n) is 5.36. The van der Waals surface area contributed by atoms with Gasteiger partial charge in [0, 0.05) is 16.8 Å². The lowest BCUT2D eigenvalue weighted by Gasteiger charge is -2.19. The number of ether oxygens (including phenoxy) is 3. The Morgan fingerprint density at radius 1 is 1.09 bits per heavy atom. The number of carbonyl (C=O) groups is 1. The highest BCUT2D eigenvalue weighted by atomic mass is 35.5. The van der Waals surface area contributed by atoms with Crippen molar-refractivity contribution in [3.8, 4) is 17.2 Å². The second-order valence-corrected chi connectivity index (χ2v) is 8.12. The van der Waals surface area contributed by atoms with Crippen molar-refractivity contribution >= 4 is 34.2 Å². The van der Waals surface area contributed by atoms with Gasteiger partial charge in [-0.1, -0.05) is 23.7 Å². The zero-order valence-electron chi connectivity index (χ0n) is 18.0. The summed E-state index contributed by atoms with van der Waals surface area (Å²) in [7, 11) is 0. The predicted octanol–water partition coefficient (Wildman–Crippen LogP) is 4.99. The molecular formula is C25H22ClN3O4. The predicted molar refractivity (Wildman–Crippen MR) is 126 cm³/mol. The molecule has 3 aromatic carbocycles. The summed E-state index contributed by atoms with van der Waals surface area (Å²) < 4.78 is 19.0. The van der Waals surface area contributed by atoms with Crippen molar-refractivity contribution in [3.05, 3.63) is 77.1 Å². The van der Waals surface area contributed by atoms with Crippen LogP contribution in [0.2, 0.25) is 5.02 Å². The molecule has 7 nitrogen and oxygen atoms in total. The summed E-state index contributed by atoms with van der Waals surface area (Å²) in [6.45, 7) is 3.24. The number of aryl methyl sites for hydroxylation is 1. The molecule has 0 unspecified atom stereocenters. The van der Waals surface area contributed by atoms with Crippen LogP contribution >= 0.6 is 11.6 Å². The van der Waals surface area contributed by atoms with E-state index in [9.17, 15) is 4.79 Å². The Hall–Kier alpha value is -3.71. The molecule has 4 aromatic rings. The Morgan fingerprint density at radius 3 is 2.76 bits per heavy atom. The van der Waals surface area contributed by atoms with Gasteiger partial charge < -0.3 is 24.1 Å². The van der Waals surface area contributed by atoms with Gasteiger partial charge in [-0.05, 0) is 55.0 Å². The number of imidazole rings is 1. The smallest absolute Gasteiger partial charge is 0.244 e. The lowest BCUT2D eigenvalue weighted by atomic mass is 10.2. The highest BCUT2D eigenvalue weighted by Crippen LogP contribution is 2.32. The van der Waals surface area contributed by atoms with E-state index in [-0.39, 0.29) is 19.1 Å². The number of benzene rings is 3. The molecule has 1 N–H and O–H groups in total. The summed E-state index contributed by atoms with van der Waals surface area (Å²) in [6.07, 6.45) is 0. The second-order valence-electron chi connectivity index (χ2n) is 7.71. The Labute approximate surface area is 195 Å². The third kappa shape index (κ3) is 4.59. The van der Waals surface area contributed by atoms with E-state index in [0.717, 1.165) is 16.6 Å². The Kier molecular flexibility index (Phi) is 5.79. The number of amides is 1. The fourth-order valence-corrected chi connectivity index (χ4v) is 3.85. The van der Waals surface area contributed by atoms with Gasteiger partial charge in [-0.2, -0.15) is 0 Å². The summed E-state index contributed by atoms with van der Waals surface area (Å²) in [5.74, 6) is 2.46. The van der Waals surface area contributed by atoms with E-state index in [1.165, 1.54) is 0 Å². The summed E-state index contributed by atoms with van der Waals surface area (Å²) in [5, 5.41) is 3.62. The minimum Gasteiger partial charge on any atom is -0.486 e. The Bertz CT molecular complexity index is 1330. The van der Waals surface area contributed by atoms with Crippen LogP contribution in [0, 0.1) is 6.92 Å². The van der Waals surface area contributed by atoms with Gasteiger partial charge >= 0.3 is 0 Å². The van der Waals surface area contributed by atoms with Crippen LogP contribution in [-0.4, -0.2) is 28.7 Å². The number of nitrogens with one attached hydrogen (secondary N) is 1. The molecule has 0 radical (unpaired) electrons. The summed E-state index contributed by atoms with van der Waals surface area (Å²) in [5.41, 5.74) is 3.24. The number of hydrogen-bond donors (Lipinski definition) is 1. The lowest BCUT2D eigenvalue weighted by molar-refractivity contribution is -0.116. The molecular weight excluding hydrogens is 442 g/mol. The molecule has 0 aliphatic carbocycles. The minimum atomic E-state index is -0.182. The van der Waals surface area contributed by atoms with Gasteiger partial charge in [0.15, 0.2) is 11.5 Å². The van der Waals surface area contributed by atoms with Crippen molar-refractivity contribution in [2.24, 2.45) is 0 Å². The lowest BCUT2D eigenvalue weighted by Crippen LogP contribution is -2.21. The highest BCUT2D eigenvalue weighted by molar-refractivity contribution is 6.31. The van der Waals surface area contributed by atoms with Crippen LogP contribution < -0.4 is 19.5 Å². The van der Waals surface area contributed by atoms with Crippen molar-refractivity contribution in [2.75, 3.05) is 18.5 Å². The molecule has 33 heavy (non-hydrogen) atoms. The van der Waals surface area contributed by atoms with Crippen LogP contribution in [0.15, 0.2) is 60.7 Å². The number of halogens is 1. The standard InChI is InChI=1S/C25H22ClN3O4/c1-16-12-18(7-8-19(16)26)33-15-24-28-20-4-2-3-5-21(20)29(24)14-25(30)27-17-6-9-22-23(13-17)32-11-10-31-22/h2-9,12-13H,10-11,14-15H2,1H3,(H,27,30). The molecule has 0 atom stereocenters. The van der Waals surface area contributed by atoms with Crippen molar-refractivity contribution in [1.82, 2.24) is 9.55 Å². The van der Waals surface area contributed by atoms with Gasteiger partial charge in [-0.3, -0.25) is 4.79 Å². The SMILES string of the molecule is Cc1cc(OCc2nc3ccccc3n2CC(=O)Nc2ccc3c(c2)OCCO3)ccc1Cl. The Morgan fingerprint density at radius 2 is 1.91 bits per heavy atom. The monoisotopic (exact) mass is 463 g/mol. The fraction of sp³-hybridized carbons (Fsp3) is 0.200. The van der Waals surface area contributed by atoms with Crippen molar-refractivity contribution in [2.45, 2.75) is 20.1 Å². The van der Waals surface area contributed by atoms with E-state index >= 15 is 0 Å². The van der Waals surface area contributed by atoms with Crippen LogP contribution in [-0.2, 0) is 17.9 Å². The number of hydrogen-bond acceptors (Lipinski definition) is 5. The molecule has 0 saturated heterocycles. The normalized spacial score (nSPS) is 12.5. The first kappa shape index (κ1) is 21.2. The van der Waals surface area contributed by atoms with E-state index in [1.54, 1.807) is 24.3 Å². The molecule has 2 heterocycles. The highest BCUT2D eigenvalue weighted by Gasteiger charge is 2.16. The van der Waals surface area contributed by atoms with E-state index in [2.05, 4.69) is 10.3 Å². The number of rotatable bonds is 6. The van der Waals surface area contributed by atoms with Crippen LogP contribution in [0.1, 0.15) is 11.4 Å². The average Bonchev–Trinajstić information content (AvgIpc) is 3.17. The molecule has 0 saturated carbocycles. The van der Waals surface area contributed by atoms with Gasteiger partial charge in [0.25, 0.3) is 0 Å². The molecule has 0 bridgehead atoms. The number of anilines is 1. The first-order valence-corrected chi connectivity index (χ1v) is 11.0. The number of fused-ring (bicyclic) bond motifs is 2. The zero-order valence-corrected chi connectivity index (χ0v) is 18.8. The van der Waals surface area contributed by atoms with E-state index < -0.39 is 0 Å². The fourth-order valence-electron chi connectivity index (χ4n) is 3.73. The molecule has 8 heteroatoms. The van der Waals surface area contributed by atoms with E-state index in [0.29, 0.717) is 47.0 Å². The maximum absolute atomic E-state index is 12.9. The summed E-state index contributed by atoms with van der Waals surface area (Å²) >= 11 is 6.11. The third-order valence-corrected chi connectivity index (χ3v) is 5.78. The minimum absolute atomic E-state index is 0.0906. The number of para-hydroxylation sites is 2. The van der Waals surface area contributed by atoms with Crippen molar-refractivity contribution < 1.29 is 19.0 Å². The molecule has 5 rings (SSSR count). The van der Waals surface area contributed by atoms with Crippen LogP contribution in [0.3, 0.4) is 0 Å². The van der Waals surface area contributed by atoms with Crippen LogP contribution in [0.4, 0.5) is 5.69 Å². The van der Waals surface area contributed by atoms with Crippen molar-refractivity contribution in [1.29, 1.82) is 0 Å². The summed E-state index contributed by atoms with van der Waals surface area (Å²) in [4.78, 5) is 17.6. The van der Waals surface area contributed by atoms with Crippen LogP contribution in [0.25, 0.3) is 11.0 Å². The van der Waals surface area contributed by atoms with Gasteiger partial charge in [-0.15, -0.1) is 0 Å².